The molecule has 1 aliphatic rings. The second-order valence-electron chi connectivity index (χ2n) is 6.44. The van der Waals surface area contributed by atoms with Gasteiger partial charge in [0, 0.05) is 13.0 Å². The Kier molecular flexibility index (Phi) is 5.54. The van der Waals surface area contributed by atoms with E-state index >= 15 is 0 Å². The maximum atomic E-state index is 12.8. The van der Waals surface area contributed by atoms with Gasteiger partial charge in [0.15, 0.2) is 11.4 Å². The number of benzene rings is 1. The highest BCUT2D eigenvalue weighted by Gasteiger charge is 2.44. The Hall–Kier alpha value is -1.19. The third-order valence-corrected chi connectivity index (χ3v) is 4.62. The van der Waals surface area contributed by atoms with Crippen LogP contribution in [0, 0.1) is 5.92 Å². The van der Waals surface area contributed by atoms with Crippen LogP contribution in [-0.2, 0) is 10.4 Å². The summed E-state index contributed by atoms with van der Waals surface area (Å²) in [5, 5.41) is 11.3. The van der Waals surface area contributed by atoms with Gasteiger partial charge in [-0.05, 0) is 38.4 Å². The first-order valence-electron chi connectivity index (χ1n) is 8.01. The number of hydrogen-bond acceptors (Lipinski definition) is 3. The molecule has 0 aromatic heterocycles. The lowest BCUT2D eigenvalue weighted by Crippen LogP contribution is -2.44. The van der Waals surface area contributed by atoms with Crippen molar-refractivity contribution >= 4 is 5.78 Å². The third kappa shape index (κ3) is 3.72. The molecule has 0 bridgehead atoms. The first kappa shape index (κ1) is 16.2. The number of Topliss-reactive ketones (excluding diaryl/α,β-unsaturated/α-hetero) is 1. The quantitative estimate of drug-likeness (QED) is 0.875. The Morgan fingerprint density at radius 1 is 1.19 bits per heavy atom. The molecule has 116 valence electrons. The van der Waals surface area contributed by atoms with Crippen molar-refractivity contribution in [1.29, 1.82) is 0 Å². The van der Waals surface area contributed by atoms with E-state index in [1.807, 2.05) is 49.3 Å². The van der Waals surface area contributed by atoms with Gasteiger partial charge in [0.25, 0.3) is 0 Å². The second kappa shape index (κ2) is 7.19. The van der Waals surface area contributed by atoms with E-state index in [2.05, 4.69) is 0 Å². The molecule has 1 N–H and O–H groups in total. The fraction of sp³-hybridized carbons (Fsp3) is 0.611. The maximum Gasteiger partial charge on any atom is 0.170 e. The van der Waals surface area contributed by atoms with E-state index < -0.39 is 5.60 Å². The molecule has 0 aliphatic heterocycles. The lowest BCUT2D eigenvalue weighted by molar-refractivity contribution is -0.147. The van der Waals surface area contributed by atoms with E-state index in [0.29, 0.717) is 13.0 Å². The number of aliphatic hydroxyl groups is 1. The van der Waals surface area contributed by atoms with Gasteiger partial charge in [0.1, 0.15) is 0 Å². The average molecular weight is 289 g/mol. The summed E-state index contributed by atoms with van der Waals surface area (Å²) in [5.41, 5.74) is -0.543. The van der Waals surface area contributed by atoms with Crippen molar-refractivity contribution in [3.8, 4) is 0 Å². The van der Waals surface area contributed by atoms with Gasteiger partial charge < -0.3 is 10.0 Å². The molecule has 3 nitrogen and oxygen atoms in total. The zero-order valence-corrected chi connectivity index (χ0v) is 13.2. The molecule has 1 saturated carbocycles. The number of ketones is 1. The third-order valence-electron chi connectivity index (χ3n) is 4.62. The molecule has 2 rings (SSSR count). The van der Waals surface area contributed by atoms with Gasteiger partial charge in [-0.15, -0.1) is 0 Å². The van der Waals surface area contributed by atoms with Crippen LogP contribution in [0.25, 0.3) is 0 Å². The Morgan fingerprint density at radius 2 is 1.81 bits per heavy atom. The van der Waals surface area contributed by atoms with E-state index in [1.165, 1.54) is 6.42 Å². The summed E-state index contributed by atoms with van der Waals surface area (Å²) in [6, 6.07) is 9.52. The number of carbonyl (C=O) groups is 1. The van der Waals surface area contributed by atoms with Crippen molar-refractivity contribution in [2.45, 2.75) is 44.1 Å². The van der Waals surface area contributed by atoms with Gasteiger partial charge >= 0.3 is 0 Å². The van der Waals surface area contributed by atoms with Crippen molar-refractivity contribution in [3.05, 3.63) is 35.9 Å². The molecule has 1 unspecified atom stereocenters. The molecular formula is C18H27NO2. The molecule has 21 heavy (non-hydrogen) atoms. The van der Waals surface area contributed by atoms with Crippen molar-refractivity contribution in [1.82, 2.24) is 4.90 Å². The van der Waals surface area contributed by atoms with Gasteiger partial charge in [-0.3, -0.25) is 4.79 Å². The fourth-order valence-corrected chi connectivity index (χ4v) is 3.35. The first-order chi connectivity index (χ1) is 10.0. The summed E-state index contributed by atoms with van der Waals surface area (Å²) in [5.74, 6) is 0.0256. The molecule has 0 spiro atoms. The van der Waals surface area contributed by atoms with Crippen LogP contribution in [0.1, 0.15) is 44.1 Å². The Bertz CT molecular complexity index is 452. The van der Waals surface area contributed by atoms with Crippen LogP contribution < -0.4 is 0 Å². The van der Waals surface area contributed by atoms with Crippen LogP contribution in [0.4, 0.5) is 0 Å². The van der Waals surface area contributed by atoms with E-state index in [-0.39, 0.29) is 11.7 Å². The molecule has 0 radical (unpaired) electrons. The lowest BCUT2D eigenvalue weighted by Gasteiger charge is -2.38. The highest BCUT2D eigenvalue weighted by atomic mass is 16.3. The predicted molar refractivity (Wildman–Crippen MR) is 85.1 cm³/mol. The monoisotopic (exact) mass is 289 g/mol. The molecule has 1 atom stereocenters. The molecule has 1 fully saturated rings. The molecule has 1 aromatic rings. The molecule has 0 amide bonds. The van der Waals surface area contributed by atoms with Crippen LogP contribution in [0.15, 0.2) is 30.3 Å². The van der Waals surface area contributed by atoms with Gasteiger partial charge in [-0.25, -0.2) is 0 Å². The molecule has 1 aliphatic carbocycles. The van der Waals surface area contributed by atoms with Gasteiger partial charge in [-0.1, -0.05) is 49.6 Å². The van der Waals surface area contributed by atoms with Crippen LogP contribution in [0.2, 0.25) is 0 Å². The smallest absolute Gasteiger partial charge is 0.170 e. The summed E-state index contributed by atoms with van der Waals surface area (Å²) < 4.78 is 0. The van der Waals surface area contributed by atoms with Crippen molar-refractivity contribution in [3.63, 3.8) is 0 Å². The summed E-state index contributed by atoms with van der Waals surface area (Å²) in [6.45, 7) is 0.681. The normalized spacial score (nSPS) is 19.4. The molecule has 1 aromatic carbocycles. The van der Waals surface area contributed by atoms with E-state index in [4.69, 9.17) is 0 Å². The minimum atomic E-state index is -1.31. The Balaban J connectivity index is 2.27. The molecular weight excluding hydrogens is 262 g/mol. The minimum absolute atomic E-state index is 0.0331. The molecule has 3 heteroatoms. The van der Waals surface area contributed by atoms with Gasteiger partial charge in [0.2, 0.25) is 0 Å². The van der Waals surface area contributed by atoms with Crippen molar-refractivity contribution in [2.75, 3.05) is 20.6 Å². The zero-order chi connectivity index (χ0) is 15.3. The number of rotatable bonds is 6. The summed E-state index contributed by atoms with van der Waals surface area (Å²) in [6.07, 6.45) is 5.72. The van der Waals surface area contributed by atoms with Crippen LogP contribution >= 0.6 is 0 Å². The van der Waals surface area contributed by atoms with E-state index in [0.717, 1.165) is 31.2 Å². The molecule has 0 saturated heterocycles. The van der Waals surface area contributed by atoms with E-state index in [1.54, 1.807) is 0 Å². The topological polar surface area (TPSA) is 40.5 Å². The highest BCUT2D eigenvalue weighted by Crippen LogP contribution is 2.40. The Labute approximate surface area is 128 Å². The summed E-state index contributed by atoms with van der Waals surface area (Å²) in [7, 11) is 3.91. The zero-order valence-electron chi connectivity index (χ0n) is 13.2. The lowest BCUT2D eigenvalue weighted by atomic mass is 9.70. The standard InChI is InChI=1S/C18H27NO2/c1-19(2)14-13-17(20)18(21,15-9-5-3-6-10-15)16-11-7-4-8-12-16/h3,5-6,9-10,16,21H,4,7-8,11-14H2,1-2H3. The predicted octanol–water partition coefficient (Wildman–Crippen LogP) is 2.98. The van der Waals surface area contributed by atoms with Crippen molar-refractivity contribution < 1.29 is 9.90 Å². The van der Waals surface area contributed by atoms with E-state index in [9.17, 15) is 9.90 Å². The molecule has 0 heterocycles. The van der Waals surface area contributed by atoms with Crippen LogP contribution in [-0.4, -0.2) is 36.4 Å². The first-order valence-corrected chi connectivity index (χ1v) is 8.01. The van der Waals surface area contributed by atoms with Crippen LogP contribution in [0.5, 0.6) is 0 Å². The summed E-state index contributed by atoms with van der Waals surface area (Å²) in [4.78, 5) is 14.8. The fourth-order valence-electron chi connectivity index (χ4n) is 3.35. The average Bonchev–Trinajstić information content (AvgIpc) is 2.53. The maximum absolute atomic E-state index is 12.8. The van der Waals surface area contributed by atoms with Crippen LogP contribution in [0.3, 0.4) is 0 Å². The number of hydrogen-bond donors (Lipinski definition) is 1. The van der Waals surface area contributed by atoms with Gasteiger partial charge in [-0.2, -0.15) is 0 Å². The summed E-state index contributed by atoms with van der Waals surface area (Å²) >= 11 is 0. The number of nitrogens with zero attached hydrogens (tertiary/aromatic N) is 1. The van der Waals surface area contributed by atoms with Crippen molar-refractivity contribution in [2.24, 2.45) is 5.92 Å². The minimum Gasteiger partial charge on any atom is -0.377 e. The van der Waals surface area contributed by atoms with Gasteiger partial charge in [0.05, 0.1) is 0 Å². The Morgan fingerprint density at radius 3 is 2.38 bits per heavy atom. The largest absolute Gasteiger partial charge is 0.377 e. The SMILES string of the molecule is CN(C)CCC(=O)C(O)(c1ccccc1)C1CCCCC1. The number of carbonyl (C=O) groups excluding carboxylic acids is 1. The second-order valence-corrected chi connectivity index (χ2v) is 6.44. The highest BCUT2D eigenvalue weighted by molar-refractivity contribution is 5.88.